The Morgan fingerprint density at radius 1 is 1.38 bits per heavy atom. The van der Waals surface area contributed by atoms with Gasteiger partial charge in [0.15, 0.2) is 0 Å². The summed E-state index contributed by atoms with van der Waals surface area (Å²) in [6.07, 6.45) is 4.76. The SMILES string of the molecule is CCCn1nc(C)c(NC(=O)N2CCCC2c2ccccn2)c1C. The van der Waals surface area contributed by atoms with Crippen molar-refractivity contribution in [3.8, 4) is 0 Å². The van der Waals surface area contributed by atoms with E-state index in [4.69, 9.17) is 0 Å². The van der Waals surface area contributed by atoms with Crippen LogP contribution in [-0.4, -0.2) is 32.2 Å². The average Bonchev–Trinajstić information content (AvgIpc) is 3.17. The van der Waals surface area contributed by atoms with Crippen LogP contribution in [0.1, 0.15) is 49.3 Å². The molecule has 0 spiro atoms. The number of carbonyl (C=O) groups is 1. The van der Waals surface area contributed by atoms with Crippen molar-refractivity contribution < 1.29 is 4.79 Å². The van der Waals surface area contributed by atoms with Crippen LogP contribution < -0.4 is 5.32 Å². The second kappa shape index (κ2) is 7.03. The van der Waals surface area contributed by atoms with Gasteiger partial charge in [0.1, 0.15) is 0 Å². The van der Waals surface area contributed by atoms with E-state index in [9.17, 15) is 4.79 Å². The molecule has 0 aromatic carbocycles. The van der Waals surface area contributed by atoms with Crippen LogP contribution in [0.2, 0.25) is 0 Å². The number of nitrogens with zero attached hydrogens (tertiary/aromatic N) is 4. The monoisotopic (exact) mass is 327 g/mol. The third-order valence-corrected chi connectivity index (χ3v) is 4.59. The second-order valence-electron chi connectivity index (χ2n) is 6.31. The van der Waals surface area contributed by atoms with E-state index in [0.29, 0.717) is 0 Å². The lowest BCUT2D eigenvalue weighted by atomic mass is 10.1. The maximum absolute atomic E-state index is 12.8. The van der Waals surface area contributed by atoms with Gasteiger partial charge in [0, 0.05) is 19.3 Å². The van der Waals surface area contributed by atoms with Crippen molar-refractivity contribution in [1.82, 2.24) is 19.7 Å². The number of carbonyl (C=O) groups excluding carboxylic acids is 1. The number of hydrogen-bond acceptors (Lipinski definition) is 3. The van der Waals surface area contributed by atoms with Gasteiger partial charge in [0.2, 0.25) is 0 Å². The predicted molar refractivity (Wildman–Crippen MR) is 93.9 cm³/mol. The van der Waals surface area contributed by atoms with E-state index in [-0.39, 0.29) is 12.1 Å². The Kier molecular flexibility index (Phi) is 4.83. The highest BCUT2D eigenvalue weighted by atomic mass is 16.2. The molecule has 2 aromatic rings. The standard InChI is InChI=1S/C18H25N5O/c1-4-11-23-14(3)17(13(2)21-23)20-18(24)22-12-7-9-16(22)15-8-5-6-10-19-15/h5-6,8,10,16H,4,7,9,11-12H2,1-3H3,(H,20,24). The number of aryl methyl sites for hydroxylation is 2. The van der Waals surface area contributed by atoms with Gasteiger partial charge in [-0.15, -0.1) is 0 Å². The predicted octanol–water partition coefficient (Wildman–Crippen LogP) is 3.67. The maximum atomic E-state index is 12.8. The molecule has 0 aliphatic carbocycles. The number of urea groups is 1. The molecule has 128 valence electrons. The molecule has 1 aliphatic rings. The van der Waals surface area contributed by atoms with Crippen molar-refractivity contribution in [2.75, 3.05) is 11.9 Å². The molecule has 6 nitrogen and oxygen atoms in total. The summed E-state index contributed by atoms with van der Waals surface area (Å²) < 4.78 is 1.96. The number of hydrogen-bond donors (Lipinski definition) is 1. The quantitative estimate of drug-likeness (QED) is 0.932. The van der Waals surface area contributed by atoms with Gasteiger partial charge in [-0.25, -0.2) is 4.79 Å². The summed E-state index contributed by atoms with van der Waals surface area (Å²) in [5, 5.41) is 7.60. The normalized spacial score (nSPS) is 17.3. The molecule has 3 heterocycles. The molecule has 0 saturated carbocycles. The van der Waals surface area contributed by atoms with Crippen LogP contribution in [0, 0.1) is 13.8 Å². The molecule has 2 aromatic heterocycles. The first-order valence-electron chi connectivity index (χ1n) is 8.64. The lowest BCUT2D eigenvalue weighted by Gasteiger charge is -2.24. The lowest BCUT2D eigenvalue weighted by molar-refractivity contribution is 0.206. The van der Waals surface area contributed by atoms with Crippen LogP contribution in [0.5, 0.6) is 0 Å². The number of likely N-dealkylation sites (tertiary alicyclic amines) is 1. The highest BCUT2D eigenvalue weighted by Gasteiger charge is 2.31. The van der Waals surface area contributed by atoms with Gasteiger partial charge in [-0.3, -0.25) is 9.67 Å². The zero-order chi connectivity index (χ0) is 17.1. The molecule has 0 radical (unpaired) electrons. The molecule has 1 aliphatic heterocycles. The van der Waals surface area contributed by atoms with Crippen molar-refractivity contribution in [2.24, 2.45) is 0 Å². The Balaban J connectivity index is 1.77. The molecular weight excluding hydrogens is 302 g/mol. The van der Waals surface area contributed by atoms with E-state index < -0.39 is 0 Å². The van der Waals surface area contributed by atoms with Crippen molar-refractivity contribution in [3.05, 3.63) is 41.5 Å². The highest BCUT2D eigenvalue weighted by molar-refractivity contribution is 5.91. The number of pyridine rings is 1. The third-order valence-electron chi connectivity index (χ3n) is 4.59. The van der Waals surface area contributed by atoms with Crippen LogP contribution >= 0.6 is 0 Å². The minimum Gasteiger partial charge on any atom is -0.316 e. The summed E-state index contributed by atoms with van der Waals surface area (Å²) in [4.78, 5) is 19.1. The summed E-state index contributed by atoms with van der Waals surface area (Å²) in [6.45, 7) is 7.69. The number of nitrogens with one attached hydrogen (secondary N) is 1. The van der Waals surface area contributed by atoms with E-state index in [0.717, 1.165) is 55.1 Å². The van der Waals surface area contributed by atoms with Gasteiger partial charge >= 0.3 is 6.03 Å². The van der Waals surface area contributed by atoms with Gasteiger partial charge in [-0.2, -0.15) is 5.10 Å². The summed E-state index contributed by atoms with van der Waals surface area (Å²) in [6, 6.07) is 5.85. The molecule has 1 N–H and O–H groups in total. The molecule has 24 heavy (non-hydrogen) atoms. The average molecular weight is 327 g/mol. The first kappa shape index (κ1) is 16.5. The van der Waals surface area contributed by atoms with Crippen LogP contribution in [0.15, 0.2) is 24.4 Å². The molecule has 3 rings (SSSR count). The Labute approximate surface area is 142 Å². The molecule has 1 saturated heterocycles. The lowest BCUT2D eigenvalue weighted by Crippen LogP contribution is -2.35. The van der Waals surface area contributed by atoms with Crippen molar-refractivity contribution >= 4 is 11.7 Å². The molecule has 0 bridgehead atoms. The van der Waals surface area contributed by atoms with Gasteiger partial charge in [0.05, 0.1) is 28.8 Å². The van der Waals surface area contributed by atoms with Crippen LogP contribution in [0.25, 0.3) is 0 Å². The Morgan fingerprint density at radius 2 is 2.21 bits per heavy atom. The van der Waals surface area contributed by atoms with Gasteiger partial charge < -0.3 is 10.2 Å². The van der Waals surface area contributed by atoms with Crippen molar-refractivity contribution in [2.45, 2.75) is 52.6 Å². The van der Waals surface area contributed by atoms with Crippen LogP contribution in [0.4, 0.5) is 10.5 Å². The zero-order valence-corrected chi connectivity index (χ0v) is 14.6. The largest absolute Gasteiger partial charge is 0.322 e. The number of aromatic nitrogens is 3. The molecule has 6 heteroatoms. The zero-order valence-electron chi connectivity index (χ0n) is 14.6. The number of anilines is 1. The maximum Gasteiger partial charge on any atom is 0.322 e. The third kappa shape index (κ3) is 3.13. The fourth-order valence-electron chi connectivity index (χ4n) is 3.38. The summed E-state index contributed by atoms with van der Waals surface area (Å²) in [7, 11) is 0. The number of rotatable bonds is 4. The van der Waals surface area contributed by atoms with Crippen LogP contribution in [0.3, 0.4) is 0 Å². The minimum absolute atomic E-state index is 0.0532. The van der Waals surface area contributed by atoms with E-state index in [1.807, 2.05) is 41.6 Å². The molecule has 1 unspecified atom stereocenters. The summed E-state index contributed by atoms with van der Waals surface area (Å²) in [5.41, 5.74) is 3.67. The highest BCUT2D eigenvalue weighted by Crippen LogP contribution is 2.31. The smallest absolute Gasteiger partial charge is 0.316 e. The molecule has 2 amide bonds. The summed E-state index contributed by atoms with van der Waals surface area (Å²) >= 11 is 0. The Bertz CT molecular complexity index is 710. The van der Waals surface area contributed by atoms with Gasteiger partial charge in [-0.05, 0) is 45.2 Å². The Hall–Kier alpha value is -2.37. The molecule has 1 atom stereocenters. The van der Waals surface area contributed by atoms with E-state index in [1.54, 1.807) is 6.20 Å². The van der Waals surface area contributed by atoms with Gasteiger partial charge in [0.25, 0.3) is 0 Å². The Morgan fingerprint density at radius 3 is 2.92 bits per heavy atom. The van der Waals surface area contributed by atoms with Gasteiger partial charge in [-0.1, -0.05) is 13.0 Å². The minimum atomic E-state index is -0.0644. The fourth-order valence-corrected chi connectivity index (χ4v) is 3.38. The topological polar surface area (TPSA) is 63.1 Å². The van der Waals surface area contributed by atoms with E-state index in [1.165, 1.54) is 0 Å². The van der Waals surface area contributed by atoms with Crippen LogP contribution in [-0.2, 0) is 6.54 Å². The molecule has 1 fully saturated rings. The molecular formula is C18H25N5O. The van der Waals surface area contributed by atoms with Crippen molar-refractivity contribution in [1.29, 1.82) is 0 Å². The first-order chi connectivity index (χ1) is 11.6. The fraction of sp³-hybridized carbons (Fsp3) is 0.500. The van der Waals surface area contributed by atoms with E-state index >= 15 is 0 Å². The van der Waals surface area contributed by atoms with E-state index in [2.05, 4.69) is 22.3 Å². The first-order valence-corrected chi connectivity index (χ1v) is 8.64. The second-order valence-corrected chi connectivity index (χ2v) is 6.31. The van der Waals surface area contributed by atoms with Crippen molar-refractivity contribution in [3.63, 3.8) is 0 Å². The summed E-state index contributed by atoms with van der Waals surface area (Å²) in [5.74, 6) is 0. The number of amides is 2.